The van der Waals surface area contributed by atoms with Crippen molar-refractivity contribution in [1.82, 2.24) is 29.0 Å². The second-order valence-corrected chi connectivity index (χ2v) is 11.9. The van der Waals surface area contributed by atoms with Gasteiger partial charge < -0.3 is 24.3 Å². The Labute approximate surface area is 235 Å². The third-order valence-corrected chi connectivity index (χ3v) is 8.48. The Morgan fingerprint density at radius 3 is 2.73 bits per heavy atom. The van der Waals surface area contributed by atoms with Gasteiger partial charge in [0.25, 0.3) is 0 Å². The zero-order chi connectivity index (χ0) is 27.8. The molecule has 5 heterocycles. The summed E-state index contributed by atoms with van der Waals surface area (Å²) < 4.78 is 40.5. The highest BCUT2D eigenvalue weighted by Crippen LogP contribution is 2.27. The largest absolute Gasteiger partial charge is 0.616 e. The molecule has 15 heteroatoms. The lowest BCUT2D eigenvalue weighted by atomic mass is 10.2. The number of rotatable bonds is 9. The Morgan fingerprint density at radius 2 is 2.00 bits per heavy atom. The molecule has 0 spiro atoms. The van der Waals surface area contributed by atoms with Gasteiger partial charge in [-0.2, -0.15) is 9.50 Å². The predicted molar refractivity (Wildman–Crippen MR) is 152 cm³/mol. The number of anilines is 2. The third kappa shape index (κ3) is 5.24. The fraction of sp³-hybridized carbons (Fsp3) is 0.360. The number of nitrogens with two attached hydrogens (primary N) is 1. The summed E-state index contributed by atoms with van der Waals surface area (Å²) in [6.07, 6.45) is 3.14. The van der Waals surface area contributed by atoms with Gasteiger partial charge in [0.15, 0.2) is 17.1 Å². The molecular formula is C25H27FN8O4S2. The molecule has 0 saturated carbocycles. The smallest absolute Gasteiger partial charge is 0.309 e. The van der Waals surface area contributed by atoms with Crippen LogP contribution in [0.4, 0.5) is 16.0 Å². The first-order valence-electron chi connectivity index (χ1n) is 12.7. The van der Waals surface area contributed by atoms with Gasteiger partial charge in [-0.15, -0.1) is 5.10 Å². The maximum Gasteiger partial charge on any atom is 0.309 e. The molecule has 0 radical (unpaired) electrons. The lowest BCUT2D eigenvalue weighted by Crippen LogP contribution is -2.47. The van der Waals surface area contributed by atoms with Crippen LogP contribution in [0.1, 0.15) is 0 Å². The van der Waals surface area contributed by atoms with Crippen LogP contribution in [0.15, 0.2) is 45.8 Å². The molecule has 1 aliphatic heterocycles. The zero-order valence-electron chi connectivity index (χ0n) is 21.7. The number of hydrogen-bond donors (Lipinski definition) is 1. The highest BCUT2D eigenvalue weighted by molar-refractivity contribution is 7.90. The van der Waals surface area contributed by atoms with Crippen molar-refractivity contribution >= 4 is 50.1 Å². The molecule has 40 heavy (non-hydrogen) atoms. The summed E-state index contributed by atoms with van der Waals surface area (Å²) in [4.78, 5) is 26.0. The van der Waals surface area contributed by atoms with E-state index in [-0.39, 0.29) is 23.2 Å². The Bertz CT molecular complexity index is 1690. The molecule has 1 aromatic carbocycles. The van der Waals surface area contributed by atoms with Crippen LogP contribution in [-0.4, -0.2) is 84.9 Å². The summed E-state index contributed by atoms with van der Waals surface area (Å²) in [5.41, 5.74) is 7.64. The Hall–Kier alpha value is -3.66. The highest BCUT2D eigenvalue weighted by Gasteiger charge is 2.22. The van der Waals surface area contributed by atoms with E-state index in [0.717, 1.165) is 11.3 Å². The van der Waals surface area contributed by atoms with Gasteiger partial charge in [-0.05, 0) is 24.3 Å². The summed E-state index contributed by atoms with van der Waals surface area (Å²) in [6.45, 7) is 4.06. The molecule has 0 bridgehead atoms. The lowest BCUT2D eigenvalue weighted by Gasteiger charge is -2.36. The number of halogens is 1. The summed E-state index contributed by atoms with van der Waals surface area (Å²) >= 11 is 0.106. The molecule has 2 N–H and O–H groups in total. The van der Waals surface area contributed by atoms with E-state index in [9.17, 15) is 13.7 Å². The van der Waals surface area contributed by atoms with Crippen LogP contribution in [0.2, 0.25) is 0 Å². The van der Waals surface area contributed by atoms with E-state index in [4.69, 9.17) is 14.9 Å². The van der Waals surface area contributed by atoms with Gasteiger partial charge in [-0.3, -0.25) is 14.3 Å². The van der Waals surface area contributed by atoms with Crippen molar-refractivity contribution in [3.05, 3.63) is 52.1 Å². The van der Waals surface area contributed by atoms with Gasteiger partial charge in [0.1, 0.15) is 28.6 Å². The van der Waals surface area contributed by atoms with Crippen LogP contribution in [0.5, 0.6) is 5.75 Å². The topological polar surface area (TPSA) is 143 Å². The maximum absolute atomic E-state index is 14.8. The molecule has 1 fully saturated rings. The van der Waals surface area contributed by atoms with Crippen molar-refractivity contribution < 1.29 is 18.1 Å². The third-order valence-electron chi connectivity index (χ3n) is 6.77. The average molecular weight is 587 g/mol. The molecule has 5 aromatic rings. The molecule has 1 saturated heterocycles. The summed E-state index contributed by atoms with van der Waals surface area (Å²) in [7, 11) is 0. The minimum Gasteiger partial charge on any atom is -0.616 e. The van der Waals surface area contributed by atoms with Crippen LogP contribution in [-0.2, 0) is 17.7 Å². The van der Waals surface area contributed by atoms with E-state index in [1.807, 2.05) is 4.90 Å². The molecule has 0 unspecified atom stereocenters. The van der Waals surface area contributed by atoms with E-state index in [0.29, 0.717) is 84.0 Å². The minimum absolute atomic E-state index is 0.131. The Kier molecular flexibility index (Phi) is 7.35. The number of benzene rings is 1. The van der Waals surface area contributed by atoms with Gasteiger partial charge in [0.05, 0.1) is 18.2 Å². The molecular weight excluding hydrogens is 559 g/mol. The average Bonchev–Trinajstić information content (AvgIpc) is 3.67. The number of aromatic nitrogens is 5. The number of piperazine rings is 1. The normalized spacial score (nSPS) is 15.3. The van der Waals surface area contributed by atoms with Crippen LogP contribution < -0.4 is 20.2 Å². The van der Waals surface area contributed by atoms with Gasteiger partial charge in [-0.1, -0.05) is 22.5 Å². The molecule has 6 rings (SSSR count). The van der Waals surface area contributed by atoms with Crippen molar-refractivity contribution in [3.63, 3.8) is 0 Å². The molecule has 0 amide bonds. The lowest BCUT2D eigenvalue weighted by molar-refractivity contribution is 0.248. The van der Waals surface area contributed by atoms with Gasteiger partial charge in [-0.25, -0.2) is 9.37 Å². The van der Waals surface area contributed by atoms with E-state index in [2.05, 4.69) is 20.0 Å². The number of ether oxygens (including phenoxy) is 1. The molecule has 1 aliphatic rings. The molecule has 210 valence electrons. The van der Waals surface area contributed by atoms with Crippen molar-refractivity contribution in [2.75, 3.05) is 62.0 Å². The SMILES string of the molecule is C[S@+]([O-])CCOc1ccc(N2CCN(CCn3c(=O)sc4c3nc(N)n3nc(-c5ccco5)nc43)CC2)c(F)c1. The second kappa shape index (κ2) is 11.1. The zero-order valence-corrected chi connectivity index (χ0v) is 23.3. The van der Waals surface area contributed by atoms with Gasteiger partial charge >= 0.3 is 4.87 Å². The monoisotopic (exact) mass is 586 g/mol. The number of hydrogen-bond acceptors (Lipinski definition) is 11. The van der Waals surface area contributed by atoms with Gasteiger partial charge in [0.2, 0.25) is 11.8 Å². The van der Waals surface area contributed by atoms with E-state index >= 15 is 0 Å². The summed E-state index contributed by atoms with van der Waals surface area (Å²) in [5.74, 6) is 1.47. The van der Waals surface area contributed by atoms with Crippen molar-refractivity contribution in [2.24, 2.45) is 0 Å². The second-order valence-electron chi connectivity index (χ2n) is 9.36. The highest BCUT2D eigenvalue weighted by atomic mass is 32.2. The number of furan rings is 1. The van der Waals surface area contributed by atoms with E-state index in [1.54, 1.807) is 35.1 Å². The summed E-state index contributed by atoms with van der Waals surface area (Å²) in [6, 6.07) is 8.33. The van der Waals surface area contributed by atoms with E-state index < -0.39 is 11.2 Å². The Morgan fingerprint density at radius 1 is 1.18 bits per heavy atom. The first-order valence-corrected chi connectivity index (χ1v) is 15.2. The maximum atomic E-state index is 14.8. The number of nitrogen functional groups attached to an aromatic ring is 1. The number of fused-ring (bicyclic) bond motifs is 3. The molecule has 1 atom stereocenters. The predicted octanol–water partition coefficient (Wildman–Crippen LogP) is 2.06. The van der Waals surface area contributed by atoms with Crippen LogP contribution in [0.3, 0.4) is 0 Å². The van der Waals surface area contributed by atoms with Crippen LogP contribution >= 0.6 is 11.3 Å². The van der Waals surface area contributed by atoms with Crippen molar-refractivity contribution in [1.29, 1.82) is 0 Å². The van der Waals surface area contributed by atoms with Crippen molar-refractivity contribution in [3.8, 4) is 17.3 Å². The first-order chi connectivity index (χ1) is 19.4. The quantitative estimate of drug-likeness (QED) is 0.255. The fourth-order valence-electron chi connectivity index (χ4n) is 4.70. The molecule has 12 nitrogen and oxygen atoms in total. The minimum atomic E-state index is -0.956. The van der Waals surface area contributed by atoms with Crippen LogP contribution in [0, 0.1) is 5.82 Å². The number of thiazole rings is 1. The van der Waals surface area contributed by atoms with E-state index in [1.165, 1.54) is 16.8 Å². The fourth-order valence-corrected chi connectivity index (χ4v) is 5.95. The standard InChI is InChI=1S/C25H27FN8O4S2/c1-40(36)14-13-37-16-4-5-18(17(26)15-16)32-9-6-31(7-10-32)8-11-33-22-20(39-25(33)35)23-28-21(19-3-2-12-38-19)30-34(23)24(27)29-22/h2-5,12,15H,6-11,13-14H2,1H3,(H2,27,29)/t40-/m0/s1. The summed E-state index contributed by atoms with van der Waals surface area (Å²) in [5, 5.41) is 4.39. The number of nitrogens with zero attached hydrogens (tertiary/aromatic N) is 7. The van der Waals surface area contributed by atoms with Crippen molar-refractivity contribution in [2.45, 2.75) is 6.54 Å². The Balaban J connectivity index is 1.11. The molecule has 0 aliphatic carbocycles. The molecule has 4 aromatic heterocycles. The first kappa shape index (κ1) is 26.6. The van der Waals surface area contributed by atoms with Gasteiger partial charge in [0, 0.05) is 45.3 Å². The van der Waals surface area contributed by atoms with Crippen LogP contribution in [0.25, 0.3) is 27.6 Å².